The number of nitrogens with one attached hydrogen (secondary N) is 1. The average Bonchev–Trinajstić information content (AvgIpc) is 2.38. The van der Waals surface area contributed by atoms with Gasteiger partial charge in [0.1, 0.15) is 5.82 Å². The van der Waals surface area contributed by atoms with Crippen molar-refractivity contribution in [2.45, 2.75) is 0 Å². The van der Waals surface area contributed by atoms with Gasteiger partial charge in [0.15, 0.2) is 0 Å². The topological polar surface area (TPSA) is 86.6 Å². The Labute approximate surface area is 113 Å². The van der Waals surface area contributed by atoms with Crippen molar-refractivity contribution in [1.82, 2.24) is 0 Å². The molecule has 0 aliphatic rings. The second-order valence-corrected chi connectivity index (χ2v) is 4.04. The van der Waals surface area contributed by atoms with E-state index in [1.807, 2.05) is 0 Å². The van der Waals surface area contributed by atoms with Crippen LogP contribution in [0.4, 0.5) is 15.8 Å². The van der Waals surface area contributed by atoms with Crippen LogP contribution in [0.1, 0.15) is 20.7 Å². The molecule has 102 valence electrons. The zero-order chi connectivity index (χ0) is 14.7. The van der Waals surface area contributed by atoms with Gasteiger partial charge in [0.05, 0.1) is 11.1 Å². The number of hydrogen-bond acceptors (Lipinski definition) is 3. The minimum Gasteiger partial charge on any atom is -0.478 e. The van der Waals surface area contributed by atoms with E-state index in [1.54, 1.807) is 6.07 Å². The molecule has 0 unspecified atom stereocenters. The first kappa shape index (κ1) is 13.5. The zero-order valence-corrected chi connectivity index (χ0v) is 10.1. The van der Waals surface area contributed by atoms with Crippen LogP contribution in [0.5, 0.6) is 0 Å². The Morgan fingerprint density at radius 1 is 0.900 bits per heavy atom. The SMILES string of the molecule is O=C(O)c1cccc(Nc2cc(F)cc(C(=O)O)c2)c1. The molecule has 2 aromatic carbocycles. The third-order valence-corrected chi connectivity index (χ3v) is 2.54. The summed E-state index contributed by atoms with van der Waals surface area (Å²) in [6.07, 6.45) is 0. The van der Waals surface area contributed by atoms with Crippen LogP contribution in [0.15, 0.2) is 42.5 Å². The number of benzene rings is 2. The van der Waals surface area contributed by atoms with E-state index in [1.165, 1.54) is 24.3 Å². The Balaban J connectivity index is 2.32. The lowest BCUT2D eigenvalue weighted by atomic mass is 10.1. The molecule has 0 fully saturated rings. The lowest BCUT2D eigenvalue weighted by Gasteiger charge is -2.08. The molecular weight excluding hydrogens is 265 g/mol. The van der Waals surface area contributed by atoms with Crippen molar-refractivity contribution in [3.05, 3.63) is 59.4 Å². The summed E-state index contributed by atoms with van der Waals surface area (Å²) >= 11 is 0. The number of halogens is 1. The second-order valence-electron chi connectivity index (χ2n) is 4.04. The van der Waals surface area contributed by atoms with E-state index >= 15 is 0 Å². The van der Waals surface area contributed by atoms with E-state index in [-0.39, 0.29) is 16.8 Å². The Hall–Kier alpha value is -2.89. The molecule has 20 heavy (non-hydrogen) atoms. The van der Waals surface area contributed by atoms with E-state index in [0.717, 1.165) is 12.1 Å². The molecule has 0 amide bonds. The predicted octanol–water partition coefficient (Wildman–Crippen LogP) is 2.97. The monoisotopic (exact) mass is 275 g/mol. The molecule has 3 N–H and O–H groups in total. The second kappa shape index (κ2) is 5.40. The van der Waals surface area contributed by atoms with Gasteiger partial charge in [-0.3, -0.25) is 0 Å². The van der Waals surface area contributed by atoms with Gasteiger partial charge in [0, 0.05) is 11.4 Å². The molecule has 0 radical (unpaired) electrons. The number of carboxylic acid groups (broad SMARTS) is 2. The lowest BCUT2D eigenvalue weighted by Crippen LogP contribution is -2.01. The van der Waals surface area contributed by atoms with Gasteiger partial charge in [-0.2, -0.15) is 0 Å². The zero-order valence-electron chi connectivity index (χ0n) is 10.1. The number of rotatable bonds is 4. The first-order chi connectivity index (χ1) is 9.45. The third kappa shape index (κ3) is 3.11. The lowest BCUT2D eigenvalue weighted by molar-refractivity contribution is 0.0686. The van der Waals surface area contributed by atoms with Crippen molar-refractivity contribution in [2.75, 3.05) is 5.32 Å². The van der Waals surface area contributed by atoms with Gasteiger partial charge < -0.3 is 15.5 Å². The first-order valence-electron chi connectivity index (χ1n) is 5.60. The van der Waals surface area contributed by atoms with Crippen LogP contribution < -0.4 is 5.32 Å². The standard InChI is InChI=1S/C14H10FNO4/c15-10-4-9(14(19)20)6-12(7-10)16-11-3-1-2-8(5-11)13(17)18/h1-7,16H,(H,17,18)(H,19,20). The summed E-state index contributed by atoms with van der Waals surface area (Å²) in [5.74, 6) is -3.02. The van der Waals surface area contributed by atoms with Crippen LogP contribution in [-0.2, 0) is 0 Å². The average molecular weight is 275 g/mol. The van der Waals surface area contributed by atoms with Crippen molar-refractivity contribution in [3.63, 3.8) is 0 Å². The molecule has 0 atom stereocenters. The van der Waals surface area contributed by atoms with Crippen LogP contribution in [0.25, 0.3) is 0 Å². The Morgan fingerprint density at radius 2 is 1.55 bits per heavy atom. The van der Waals surface area contributed by atoms with E-state index < -0.39 is 17.8 Å². The number of hydrogen-bond donors (Lipinski definition) is 3. The molecule has 2 rings (SSSR count). The summed E-state index contributed by atoms with van der Waals surface area (Å²) in [7, 11) is 0. The highest BCUT2D eigenvalue weighted by atomic mass is 19.1. The molecule has 0 spiro atoms. The maximum absolute atomic E-state index is 13.3. The molecule has 0 saturated carbocycles. The van der Waals surface area contributed by atoms with E-state index in [4.69, 9.17) is 10.2 Å². The summed E-state index contributed by atoms with van der Waals surface area (Å²) < 4.78 is 13.3. The highest BCUT2D eigenvalue weighted by Gasteiger charge is 2.08. The summed E-state index contributed by atoms with van der Waals surface area (Å²) in [5.41, 5.74) is 0.531. The first-order valence-corrected chi connectivity index (χ1v) is 5.60. The van der Waals surface area contributed by atoms with Gasteiger partial charge in [0.2, 0.25) is 0 Å². The summed E-state index contributed by atoms with van der Waals surface area (Å²) in [6, 6.07) is 9.20. The van der Waals surface area contributed by atoms with Crippen molar-refractivity contribution < 1.29 is 24.2 Å². The molecular formula is C14H10FNO4. The minimum absolute atomic E-state index is 0.0739. The molecule has 5 nitrogen and oxygen atoms in total. The number of anilines is 2. The Bertz CT molecular complexity index is 685. The van der Waals surface area contributed by atoms with E-state index in [0.29, 0.717) is 5.69 Å². The molecule has 0 bridgehead atoms. The highest BCUT2D eigenvalue weighted by Crippen LogP contribution is 2.20. The molecule has 0 saturated heterocycles. The van der Waals surface area contributed by atoms with Gasteiger partial charge in [-0.25, -0.2) is 14.0 Å². The number of aromatic carboxylic acids is 2. The van der Waals surface area contributed by atoms with Crippen molar-refractivity contribution >= 4 is 23.3 Å². The van der Waals surface area contributed by atoms with E-state index in [9.17, 15) is 14.0 Å². The minimum atomic E-state index is -1.24. The van der Waals surface area contributed by atoms with Crippen molar-refractivity contribution in [2.24, 2.45) is 0 Å². The quantitative estimate of drug-likeness (QED) is 0.798. The smallest absolute Gasteiger partial charge is 0.335 e. The van der Waals surface area contributed by atoms with Crippen molar-refractivity contribution in [1.29, 1.82) is 0 Å². The van der Waals surface area contributed by atoms with E-state index in [2.05, 4.69) is 5.32 Å². The highest BCUT2D eigenvalue weighted by molar-refractivity contribution is 5.90. The summed E-state index contributed by atoms with van der Waals surface area (Å²) in [4.78, 5) is 21.7. The Kier molecular flexibility index (Phi) is 3.65. The maximum Gasteiger partial charge on any atom is 0.335 e. The number of carboxylic acids is 2. The van der Waals surface area contributed by atoms with Crippen LogP contribution in [0.3, 0.4) is 0 Å². The molecule has 6 heteroatoms. The van der Waals surface area contributed by atoms with Crippen molar-refractivity contribution in [3.8, 4) is 0 Å². The molecule has 0 heterocycles. The molecule has 0 aromatic heterocycles. The molecule has 0 aliphatic carbocycles. The van der Waals surface area contributed by atoms with Gasteiger partial charge in [-0.1, -0.05) is 6.07 Å². The fourth-order valence-corrected chi connectivity index (χ4v) is 1.68. The van der Waals surface area contributed by atoms with Crippen LogP contribution in [0.2, 0.25) is 0 Å². The van der Waals surface area contributed by atoms with Gasteiger partial charge in [-0.15, -0.1) is 0 Å². The fraction of sp³-hybridized carbons (Fsp3) is 0. The normalized spacial score (nSPS) is 10.1. The Morgan fingerprint density at radius 3 is 2.20 bits per heavy atom. The van der Waals surface area contributed by atoms with Crippen LogP contribution in [0, 0.1) is 5.82 Å². The summed E-state index contributed by atoms with van der Waals surface area (Å²) in [5, 5.41) is 20.5. The summed E-state index contributed by atoms with van der Waals surface area (Å²) in [6.45, 7) is 0. The maximum atomic E-state index is 13.3. The fourth-order valence-electron chi connectivity index (χ4n) is 1.68. The van der Waals surface area contributed by atoms with Gasteiger partial charge in [-0.05, 0) is 36.4 Å². The predicted molar refractivity (Wildman–Crippen MR) is 70.0 cm³/mol. The van der Waals surface area contributed by atoms with Gasteiger partial charge >= 0.3 is 11.9 Å². The van der Waals surface area contributed by atoms with Crippen LogP contribution in [-0.4, -0.2) is 22.2 Å². The molecule has 0 aliphatic heterocycles. The molecule has 2 aromatic rings. The van der Waals surface area contributed by atoms with Gasteiger partial charge in [0.25, 0.3) is 0 Å². The largest absolute Gasteiger partial charge is 0.478 e. The van der Waals surface area contributed by atoms with Crippen LogP contribution >= 0.6 is 0 Å². The number of carbonyl (C=O) groups is 2. The third-order valence-electron chi connectivity index (χ3n) is 2.54.